The molecule has 1 aromatic rings. The van der Waals surface area contributed by atoms with Crippen LogP contribution in [0.2, 0.25) is 0 Å². The van der Waals surface area contributed by atoms with Crippen molar-refractivity contribution in [3.8, 4) is 0 Å². The summed E-state index contributed by atoms with van der Waals surface area (Å²) in [6, 6.07) is 0. The number of rotatable bonds is 0. The van der Waals surface area contributed by atoms with Gasteiger partial charge in [-0.2, -0.15) is 18.3 Å². The molecule has 0 amide bonds. The van der Waals surface area contributed by atoms with Gasteiger partial charge in [-0.1, -0.05) is 0 Å². The lowest BCUT2D eigenvalue weighted by Crippen LogP contribution is -2.20. The lowest BCUT2D eigenvalue weighted by Gasteiger charge is -2.22. The van der Waals surface area contributed by atoms with Crippen molar-refractivity contribution in [1.29, 1.82) is 0 Å². The van der Waals surface area contributed by atoms with Gasteiger partial charge in [0.25, 0.3) is 0 Å². The molecule has 0 radical (unpaired) electrons. The topological polar surface area (TPSA) is 28.7 Å². The minimum atomic E-state index is -4.31. The molecule has 1 aromatic heterocycles. The Morgan fingerprint density at radius 3 is 2.53 bits per heavy atom. The monoisotopic (exact) mass is 216 g/mol. The third-order valence-electron chi connectivity index (χ3n) is 3.58. The number of nitrogens with zero attached hydrogens (tertiary/aromatic N) is 1. The molecule has 0 bridgehead atoms. The lowest BCUT2D eigenvalue weighted by atomic mass is 9.82. The van der Waals surface area contributed by atoms with Crippen LogP contribution in [0.3, 0.4) is 0 Å². The van der Waals surface area contributed by atoms with E-state index in [0.717, 1.165) is 25.7 Å². The molecule has 15 heavy (non-hydrogen) atoms. The zero-order valence-corrected chi connectivity index (χ0v) is 8.12. The normalized spacial score (nSPS) is 22.9. The second-order valence-electron chi connectivity index (χ2n) is 4.56. The van der Waals surface area contributed by atoms with Gasteiger partial charge in [0.1, 0.15) is 0 Å². The van der Waals surface area contributed by atoms with Gasteiger partial charge in [-0.05, 0) is 37.5 Å². The van der Waals surface area contributed by atoms with E-state index in [9.17, 15) is 13.2 Å². The summed E-state index contributed by atoms with van der Waals surface area (Å²) < 4.78 is 38.1. The molecule has 1 fully saturated rings. The molecule has 5 heteroatoms. The SMILES string of the molecule is FC(F)(F)c1n[nH]c2c1C1(CCC2)CC1. The number of H-pyrrole nitrogens is 1. The summed E-state index contributed by atoms with van der Waals surface area (Å²) in [5.74, 6) is 0. The number of fused-ring (bicyclic) bond motifs is 2. The number of aromatic amines is 1. The first-order chi connectivity index (χ1) is 7.03. The number of aryl methyl sites for hydroxylation is 1. The van der Waals surface area contributed by atoms with Crippen LogP contribution in [0.4, 0.5) is 13.2 Å². The molecule has 0 saturated heterocycles. The van der Waals surface area contributed by atoms with Gasteiger partial charge < -0.3 is 0 Å². The van der Waals surface area contributed by atoms with Crippen LogP contribution in [0.1, 0.15) is 42.6 Å². The van der Waals surface area contributed by atoms with Crippen molar-refractivity contribution in [3.63, 3.8) is 0 Å². The van der Waals surface area contributed by atoms with Crippen LogP contribution in [-0.4, -0.2) is 10.2 Å². The summed E-state index contributed by atoms with van der Waals surface area (Å²) in [6.45, 7) is 0. The average molecular weight is 216 g/mol. The van der Waals surface area contributed by atoms with Crippen LogP contribution in [-0.2, 0) is 18.0 Å². The Morgan fingerprint density at radius 2 is 1.93 bits per heavy atom. The molecule has 1 spiro atoms. The van der Waals surface area contributed by atoms with Crippen LogP contribution in [0.25, 0.3) is 0 Å². The van der Waals surface area contributed by atoms with E-state index in [1.165, 1.54) is 0 Å². The fraction of sp³-hybridized carbons (Fsp3) is 0.700. The highest BCUT2D eigenvalue weighted by Crippen LogP contribution is 2.57. The summed E-state index contributed by atoms with van der Waals surface area (Å²) >= 11 is 0. The zero-order chi connectivity index (χ0) is 10.7. The highest BCUT2D eigenvalue weighted by atomic mass is 19.4. The summed E-state index contributed by atoms with van der Waals surface area (Å²) in [7, 11) is 0. The predicted octanol–water partition coefficient (Wildman–Crippen LogP) is 2.80. The second kappa shape index (κ2) is 2.57. The lowest BCUT2D eigenvalue weighted by molar-refractivity contribution is -0.142. The minimum absolute atomic E-state index is 0.175. The zero-order valence-electron chi connectivity index (χ0n) is 8.12. The molecule has 3 rings (SSSR count). The largest absolute Gasteiger partial charge is 0.435 e. The molecular weight excluding hydrogens is 205 g/mol. The molecule has 0 aliphatic heterocycles. The van der Waals surface area contributed by atoms with Gasteiger partial charge in [0.05, 0.1) is 0 Å². The molecule has 0 atom stereocenters. The molecule has 1 N–H and O–H groups in total. The highest BCUT2D eigenvalue weighted by Gasteiger charge is 2.53. The maximum absolute atomic E-state index is 12.7. The smallest absolute Gasteiger partial charge is 0.282 e. The Labute approximate surface area is 84.9 Å². The first-order valence-electron chi connectivity index (χ1n) is 5.18. The number of nitrogens with one attached hydrogen (secondary N) is 1. The van der Waals surface area contributed by atoms with E-state index < -0.39 is 11.9 Å². The first kappa shape index (κ1) is 9.24. The Balaban J connectivity index is 2.15. The fourth-order valence-electron chi connectivity index (χ4n) is 2.71. The predicted molar refractivity (Wildman–Crippen MR) is 47.4 cm³/mol. The Kier molecular flexibility index (Phi) is 1.58. The first-order valence-corrected chi connectivity index (χ1v) is 5.18. The van der Waals surface area contributed by atoms with E-state index in [-0.39, 0.29) is 5.41 Å². The molecule has 82 valence electrons. The van der Waals surface area contributed by atoms with E-state index in [1.807, 2.05) is 0 Å². The van der Waals surface area contributed by atoms with Crippen molar-refractivity contribution in [2.75, 3.05) is 0 Å². The van der Waals surface area contributed by atoms with Crippen LogP contribution in [0.5, 0.6) is 0 Å². The van der Waals surface area contributed by atoms with Crippen molar-refractivity contribution in [2.24, 2.45) is 0 Å². The number of halogens is 3. The highest BCUT2D eigenvalue weighted by molar-refractivity contribution is 5.41. The number of hydrogen-bond acceptors (Lipinski definition) is 1. The molecule has 2 nitrogen and oxygen atoms in total. The van der Waals surface area contributed by atoms with Crippen LogP contribution < -0.4 is 0 Å². The quantitative estimate of drug-likeness (QED) is 0.709. The standard InChI is InChI=1S/C10H11F3N2/c11-10(12,13)8-7-6(14-15-8)2-1-3-9(7)4-5-9/h1-5H2,(H,14,15). The summed E-state index contributed by atoms with van der Waals surface area (Å²) in [5.41, 5.74) is 0.341. The summed E-state index contributed by atoms with van der Waals surface area (Å²) in [4.78, 5) is 0. The molecule has 1 heterocycles. The summed E-state index contributed by atoms with van der Waals surface area (Å²) in [5, 5.41) is 6.01. The van der Waals surface area contributed by atoms with Crippen LogP contribution in [0.15, 0.2) is 0 Å². The second-order valence-corrected chi connectivity index (χ2v) is 4.56. The maximum Gasteiger partial charge on any atom is 0.435 e. The summed E-state index contributed by atoms with van der Waals surface area (Å²) in [6.07, 6.45) is 0.0531. The van der Waals surface area contributed by atoms with E-state index in [4.69, 9.17) is 0 Å². The van der Waals surface area contributed by atoms with Crippen molar-refractivity contribution < 1.29 is 13.2 Å². The third kappa shape index (κ3) is 1.21. The Morgan fingerprint density at radius 1 is 1.20 bits per heavy atom. The van der Waals surface area contributed by atoms with Crippen molar-refractivity contribution in [1.82, 2.24) is 10.2 Å². The van der Waals surface area contributed by atoms with E-state index in [1.54, 1.807) is 0 Å². The third-order valence-corrected chi connectivity index (χ3v) is 3.58. The van der Waals surface area contributed by atoms with Crippen molar-refractivity contribution in [2.45, 2.75) is 43.7 Å². The van der Waals surface area contributed by atoms with Crippen LogP contribution in [0, 0.1) is 0 Å². The average Bonchev–Trinajstić information content (AvgIpc) is 2.76. The van der Waals surface area contributed by atoms with Gasteiger partial charge in [0, 0.05) is 11.3 Å². The van der Waals surface area contributed by atoms with Crippen LogP contribution >= 0.6 is 0 Å². The van der Waals surface area contributed by atoms with Gasteiger partial charge in [0.15, 0.2) is 5.69 Å². The Hall–Kier alpha value is -1.00. The maximum atomic E-state index is 12.7. The van der Waals surface area contributed by atoms with E-state index in [2.05, 4.69) is 10.2 Å². The van der Waals surface area contributed by atoms with Gasteiger partial charge in [-0.15, -0.1) is 0 Å². The molecule has 0 aromatic carbocycles. The molecular formula is C10H11F3N2. The molecule has 2 aliphatic carbocycles. The van der Waals surface area contributed by atoms with Crippen molar-refractivity contribution >= 4 is 0 Å². The number of hydrogen-bond donors (Lipinski definition) is 1. The van der Waals surface area contributed by atoms with Gasteiger partial charge in [-0.25, -0.2) is 0 Å². The van der Waals surface area contributed by atoms with Gasteiger partial charge in [-0.3, -0.25) is 5.10 Å². The Bertz CT molecular complexity index is 401. The van der Waals surface area contributed by atoms with Gasteiger partial charge in [0.2, 0.25) is 0 Å². The fourth-order valence-corrected chi connectivity index (χ4v) is 2.71. The van der Waals surface area contributed by atoms with E-state index >= 15 is 0 Å². The number of alkyl halides is 3. The molecule has 2 aliphatic rings. The minimum Gasteiger partial charge on any atom is -0.282 e. The number of aromatic nitrogens is 2. The van der Waals surface area contributed by atoms with Gasteiger partial charge >= 0.3 is 6.18 Å². The molecule has 0 unspecified atom stereocenters. The van der Waals surface area contributed by atoms with E-state index in [0.29, 0.717) is 17.7 Å². The molecule has 1 saturated carbocycles. The van der Waals surface area contributed by atoms with Crippen molar-refractivity contribution in [3.05, 3.63) is 17.0 Å².